The highest BCUT2D eigenvalue weighted by Gasteiger charge is 2.20. The van der Waals surface area contributed by atoms with E-state index in [9.17, 15) is 5.11 Å². The van der Waals surface area contributed by atoms with E-state index in [1.165, 1.54) is 0 Å². The molecule has 46 heavy (non-hydrogen) atoms. The lowest BCUT2D eigenvalue weighted by molar-refractivity contribution is 0.476. The van der Waals surface area contributed by atoms with Gasteiger partial charge >= 0.3 is 0 Å². The summed E-state index contributed by atoms with van der Waals surface area (Å²) in [4.78, 5) is 14.3. The van der Waals surface area contributed by atoms with Gasteiger partial charge in [-0.2, -0.15) is 0 Å². The molecule has 8 aromatic rings. The highest BCUT2D eigenvalue weighted by molar-refractivity contribution is 5.97. The summed E-state index contributed by atoms with van der Waals surface area (Å²) in [7, 11) is 0. The summed E-state index contributed by atoms with van der Waals surface area (Å²) in [5.74, 6) is 0.748. The summed E-state index contributed by atoms with van der Waals surface area (Å²) in [5.41, 5.74) is 11.6. The van der Waals surface area contributed by atoms with E-state index < -0.39 is 0 Å². The van der Waals surface area contributed by atoms with Gasteiger partial charge in [-0.15, -0.1) is 0 Å². The van der Waals surface area contributed by atoms with Crippen LogP contribution in [0.4, 0.5) is 0 Å². The normalized spacial score (nSPS) is 11.1. The number of benzene rings is 5. The monoisotopic (exact) mass is 592 g/mol. The Bertz CT molecular complexity index is 2310. The number of hydrogen-bond acceptors (Lipinski definition) is 4. The van der Waals surface area contributed by atoms with E-state index in [2.05, 4.69) is 101 Å². The van der Waals surface area contributed by atoms with Gasteiger partial charge in [0.1, 0.15) is 5.75 Å². The molecule has 0 saturated carbocycles. The van der Waals surface area contributed by atoms with E-state index in [-0.39, 0.29) is 5.75 Å². The number of aromatic hydroxyl groups is 1. The van der Waals surface area contributed by atoms with Gasteiger partial charge in [0.25, 0.3) is 0 Å². The smallest absolute Gasteiger partial charge is 0.151 e. The Labute approximate surface area is 266 Å². The molecule has 0 aliphatic rings. The molecule has 0 bridgehead atoms. The summed E-state index contributed by atoms with van der Waals surface area (Å²) in [6.45, 7) is 0. The van der Waals surface area contributed by atoms with Gasteiger partial charge < -0.3 is 5.11 Å². The Morgan fingerprint density at radius 2 is 1.17 bits per heavy atom. The van der Waals surface area contributed by atoms with E-state index in [0.717, 1.165) is 61.4 Å². The SMILES string of the molecule is Oc1ccncc1-c1nc2c(-c3cc(-c4ccccc4)cc(-c4cc(-c5ccccc5)ccn4)c3)cccc2n1-c1ccccc1. The maximum Gasteiger partial charge on any atom is 0.151 e. The molecule has 1 N–H and O–H groups in total. The van der Waals surface area contributed by atoms with Gasteiger partial charge in [-0.05, 0) is 82.4 Å². The number of pyridine rings is 2. The first-order valence-corrected chi connectivity index (χ1v) is 15.2. The maximum absolute atomic E-state index is 10.9. The molecule has 0 saturated heterocycles. The quantitative estimate of drug-likeness (QED) is 0.209. The van der Waals surface area contributed by atoms with Gasteiger partial charge in [0.2, 0.25) is 0 Å². The van der Waals surface area contributed by atoms with E-state index in [4.69, 9.17) is 9.97 Å². The van der Waals surface area contributed by atoms with Crippen molar-refractivity contribution in [2.75, 3.05) is 0 Å². The predicted molar refractivity (Wildman–Crippen MR) is 186 cm³/mol. The largest absolute Gasteiger partial charge is 0.507 e. The highest BCUT2D eigenvalue weighted by atomic mass is 16.3. The van der Waals surface area contributed by atoms with Crippen molar-refractivity contribution >= 4 is 11.0 Å². The van der Waals surface area contributed by atoms with Crippen molar-refractivity contribution < 1.29 is 5.11 Å². The van der Waals surface area contributed by atoms with Gasteiger partial charge in [0.15, 0.2) is 5.82 Å². The standard InChI is InChI=1S/C41H28N4O/c46-39-20-21-42-27-36(39)41-44-40-35(17-10-18-38(40)45(41)34-15-8-3-9-16-34)32-23-31(29-13-6-2-7-14-29)24-33(25-32)37-26-30(19-22-43-37)28-11-4-1-5-12-28/h1-27H,(H,42,46). The molecule has 218 valence electrons. The Kier molecular flexibility index (Phi) is 6.89. The first-order chi connectivity index (χ1) is 22.7. The minimum Gasteiger partial charge on any atom is -0.507 e. The van der Waals surface area contributed by atoms with Crippen LogP contribution in [0.25, 0.3) is 72.7 Å². The molecular formula is C41H28N4O. The molecule has 0 aliphatic carbocycles. The van der Waals surface area contributed by atoms with Gasteiger partial charge in [0, 0.05) is 35.4 Å². The molecule has 0 unspecified atom stereocenters. The number of para-hydroxylation sites is 2. The fourth-order valence-corrected chi connectivity index (χ4v) is 6.04. The van der Waals surface area contributed by atoms with Crippen molar-refractivity contribution in [1.29, 1.82) is 0 Å². The summed E-state index contributed by atoms with van der Waals surface area (Å²) < 4.78 is 2.09. The Morgan fingerprint density at radius 3 is 1.91 bits per heavy atom. The third kappa shape index (κ3) is 5.00. The second-order valence-electron chi connectivity index (χ2n) is 11.1. The van der Waals surface area contributed by atoms with Crippen molar-refractivity contribution in [3.05, 3.63) is 164 Å². The lowest BCUT2D eigenvalue weighted by atomic mass is 9.93. The minimum atomic E-state index is 0.127. The van der Waals surface area contributed by atoms with Gasteiger partial charge in [-0.1, -0.05) is 91.0 Å². The number of imidazole rings is 1. The van der Waals surface area contributed by atoms with E-state index in [1.54, 1.807) is 18.5 Å². The topological polar surface area (TPSA) is 63.8 Å². The minimum absolute atomic E-state index is 0.127. The summed E-state index contributed by atoms with van der Waals surface area (Å²) in [6.07, 6.45) is 5.12. The first kappa shape index (κ1) is 27.2. The fraction of sp³-hybridized carbons (Fsp3) is 0. The van der Waals surface area contributed by atoms with Crippen LogP contribution in [0.5, 0.6) is 5.75 Å². The second kappa shape index (κ2) is 11.6. The third-order valence-corrected chi connectivity index (χ3v) is 8.25. The average Bonchev–Trinajstić information content (AvgIpc) is 3.52. The number of fused-ring (bicyclic) bond motifs is 1. The zero-order chi connectivity index (χ0) is 30.9. The maximum atomic E-state index is 10.9. The summed E-state index contributed by atoms with van der Waals surface area (Å²) >= 11 is 0. The van der Waals surface area contributed by atoms with Crippen LogP contribution in [0.2, 0.25) is 0 Å². The van der Waals surface area contributed by atoms with Crippen molar-refractivity contribution in [2.24, 2.45) is 0 Å². The van der Waals surface area contributed by atoms with Crippen molar-refractivity contribution in [1.82, 2.24) is 19.5 Å². The van der Waals surface area contributed by atoms with Crippen LogP contribution in [0.1, 0.15) is 0 Å². The van der Waals surface area contributed by atoms with Crippen LogP contribution in [0.3, 0.4) is 0 Å². The average molecular weight is 593 g/mol. The van der Waals surface area contributed by atoms with E-state index in [1.807, 2.05) is 54.7 Å². The highest BCUT2D eigenvalue weighted by Crippen LogP contribution is 2.39. The molecule has 0 amide bonds. The summed E-state index contributed by atoms with van der Waals surface area (Å²) in [5, 5.41) is 10.9. The molecule has 5 nitrogen and oxygen atoms in total. The lowest BCUT2D eigenvalue weighted by Gasteiger charge is -2.13. The molecule has 0 spiro atoms. The zero-order valence-electron chi connectivity index (χ0n) is 24.8. The van der Waals surface area contributed by atoms with Crippen molar-refractivity contribution in [2.45, 2.75) is 0 Å². The van der Waals surface area contributed by atoms with Gasteiger partial charge in [-0.25, -0.2) is 4.98 Å². The number of aromatic nitrogens is 4. The molecular weight excluding hydrogens is 564 g/mol. The molecule has 0 fully saturated rings. The molecule has 5 aromatic carbocycles. The molecule has 3 aromatic heterocycles. The number of nitrogens with zero attached hydrogens (tertiary/aromatic N) is 4. The molecule has 0 radical (unpaired) electrons. The van der Waals surface area contributed by atoms with Gasteiger partial charge in [0.05, 0.1) is 22.3 Å². The predicted octanol–water partition coefficient (Wildman–Crippen LogP) is 9.86. The van der Waals surface area contributed by atoms with Crippen LogP contribution < -0.4 is 0 Å². The first-order valence-electron chi connectivity index (χ1n) is 15.2. The molecule has 3 heterocycles. The second-order valence-corrected chi connectivity index (χ2v) is 11.1. The molecule has 8 rings (SSSR count). The Hall–Kier alpha value is -6.33. The van der Waals surface area contributed by atoms with Crippen LogP contribution in [0.15, 0.2) is 164 Å². The van der Waals surface area contributed by atoms with Gasteiger partial charge in [-0.3, -0.25) is 14.5 Å². The fourth-order valence-electron chi connectivity index (χ4n) is 6.04. The van der Waals surface area contributed by atoms with Crippen molar-refractivity contribution in [3.8, 4) is 67.5 Å². The van der Waals surface area contributed by atoms with Crippen LogP contribution in [-0.4, -0.2) is 24.6 Å². The molecule has 5 heteroatoms. The van der Waals surface area contributed by atoms with Crippen LogP contribution in [0, 0.1) is 0 Å². The van der Waals surface area contributed by atoms with Crippen molar-refractivity contribution in [3.63, 3.8) is 0 Å². The zero-order valence-corrected chi connectivity index (χ0v) is 24.8. The summed E-state index contributed by atoms with van der Waals surface area (Å²) in [6, 6.07) is 49.5. The Morgan fingerprint density at radius 1 is 0.500 bits per heavy atom. The Balaban J connectivity index is 1.37. The van der Waals surface area contributed by atoms with E-state index >= 15 is 0 Å². The van der Waals surface area contributed by atoms with Crippen LogP contribution in [-0.2, 0) is 0 Å². The number of hydrogen-bond donors (Lipinski definition) is 1. The van der Waals surface area contributed by atoms with E-state index in [0.29, 0.717) is 11.4 Å². The lowest BCUT2D eigenvalue weighted by Crippen LogP contribution is -1.97. The van der Waals surface area contributed by atoms with Crippen LogP contribution >= 0.6 is 0 Å². The number of rotatable bonds is 6. The molecule has 0 aliphatic heterocycles. The molecule has 0 atom stereocenters. The third-order valence-electron chi connectivity index (χ3n) is 8.25.